The van der Waals surface area contributed by atoms with E-state index in [0.29, 0.717) is 12.4 Å². The first-order chi connectivity index (χ1) is 14.2. The summed E-state index contributed by atoms with van der Waals surface area (Å²) in [6.45, 7) is 2.37. The molecule has 0 saturated carbocycles. The van der Waals surface area contributed by atoms with Crippen molar-refractivity contribution in [3.05, 3.63) is 71.8 Å². The maximum Gasteiger partial charge on any atom is 0.174 e. The number of hydrogen-bond donors (Lipinski definition) is 1. The van der Waals surface area contributed by atoms with Crippen LogP contribution in [0.2, 0.25) is 0 Å². The molecular weight excluding hydrogens is 382 g/mol. The molecule has 0 heterocycles. The minimum atomic E-state index is -0.500. The van der Waals surface area contributed by atoms with Crippen LogP contribution in [0.15, 0.2) is 60.7 Å². The molecule has 0 radical (unpaired) electrons. The Kier molecular flexibility index (Phi) is 7.80. The van der Waals surface area contributed by atoms with E-state index >= 15 is 0 Å². The highest BCUT2D eigenvalue weighted by Gasteiger charge is 2.08. The van der Waals surface area contributed by atoms with E-state index in [1.54, 1.807) is 11.8 Å². The number of nitriles is 1. The number of nitrogens with zero attached hydrogens (tertiary/aromatic N) is 1. The molecule has 4 nitrogen and oxygen atoms in total. The Labute approximate surface area is 176 Å². The Bertz CT molecular complexity index is 966. The monoisotopic (exact) mass is 407 g/mol. The molecule has 3 aromatic carbocycles. The number of aliphatic hydroxyl groups is 1. The fourth-order valence-electron chi connectivity index (χ4n) is 3.08. The van der Waals surface area contributed by atoms with Crippen molar-refractivity contribution in [3.63, 3.8) is 0 Å². The second-order valence-corrected chi connectivity index (χ2v) is 7.97. The Morgan fingerprint density at radius 2 is 1.76 bits per heavy atom. The predicted octanol–water partition coefficient (Wildman–Crippen LogP) is 4.77. The van der Waals surface area contributed by atoms with E-state index < -0.39 is 6.10 Å². The smallest absolute Gasteiger partial charge is 0.174 e. The normalized spacial score (nSPS) is 11.8. The van der Waals surface area contributed by atoms with Crippen LogP contribution in [0.25, 0.3) is 10.8 Å². The van der Waals surface area contributed by atoms with Gasteiger partial charge in [-0.3, -0.25) is 0 Å². The summed E-state index contributed by atoms with van der Waals surface area (Å²) in [4.78, 5) is 0. The number of rotatable bonds is 10. The van der Waals surface area contributed by atoms with Gasteiger partial charge in [-0.1, -0.05) is 48.0 Å². The van der Waals surface area contributed by atoms with Gasteiger partial charge in [-0.15, -0.1) is 0 Å². The second kappa shape index (κ2) is 10.8. The summed E-state index contributed by atoms with van der Waals surface area (Å²) in [5.41, 5.74) is 2.42. The van der Waals surface area contributed by atoms with Gasteiger partial charge in [0.15, 0.2) is 6.61 Å². The van der Waals surface area contributed by atoms with Gasteiger partial charge in [-0.2, -0.15) is 17.0 Å². The van der Waals surface area contributed by atoms with Crippen LogP contribution >= 0.6 is 11.8 Å². The lowest BCUT2D eigenvalue weighted by Gasteiger charge is -2.13. The minimum absolute atomic E-state index is 0.0434. The largest absolute Gasteiger partial charge is 0.491 e. The highest BCUT2D eigenvalue weighted by molar-refractivity contribution is 7.99. The van der Waals surface area contributed by atoms with Crippen LogP contribution in [0.3, 0.4) is 0 Å². The molecule has 0 aliphatic heterocycles. The zero-order valence-corrected chi connectivity index (χ0v) is 17.3. The van der Waals surface area contributed by atoms with E-state index in [0.717, 1.165) is 34.4 Å². The molecule has 29 heavy (non-hydrogen) atoms. The molecule has 0 aliphatic carbocycles. The molecule has 0 spiro atoms. The van der Waals surface area contributed by atoms with Gasteiger partial charge < -0.3 is 14.6 Å². The highest BCUT2D eigenvalue weighted by Crippen LogP contribution is 2.28. The van der Waals surface area contributed by atoms with Crippen molar-refractivity contribution in [1.29, 1.82) is 5.26 Å². The molecular formula is C24H25NO3S. The Morgan fingerprint density at radius 3 is 2.55 bits per heavy atom. The van der Waals surface area contributed by atoms with Crippen molar-refractivity contribution < 1.29 is 14.6 Å². The zero-order chi connectivity index (χ0) is 20.5. The maximum absolute atomic E-state index is 10.2. The lowest BCUT2D eigenvalue weighted by molar-refractivity contribution is 0.126. The van der Waals surface area contributed by atoms with E-state index in [1.165, 1.54) is 11.1 Å². The topological polar surface area (TPSA) is 62.5 Å². The molecule has 3 aromatic rings. The van der Waals surface area contributed by atoms with Crippen LogP contribution in [-0.4, -0.2) is 35.9 Å². The molecule has 0 aromatic heterocycles. The molecule has 3 rings (SSSR count). The standard InChI is InChI=1S/C24H25NO3S/c1-18-8-10-21(11-9-18)28-16-20(26)17-29-15-12-19-4-2-6-23-22(19)5-3-7-24(23)27-14-13-25/h2-11,20,26H,12,14-17H2,1H3. The van der Waals surface area contributed by atoms with Gasteiger partial charge in [0, 0.05) is 11.1 Å². The number of benzene rings is 3. The number of hydrogen-bond acceptors (Lipinski definition) is 5. The van der Waals surface area contributed by atoms with Crippen molar-refractivity contribution >= 4 is 22.5 Å². The number of aliphatic hydroxyl groups excluding tert-OH is 1. The molecule has 0 saturated heterocycles. The molecule has 1 N–H and O–H groups in total. The average Bonchev–Trinajstić information content (AvgIpc) is 2.75. The van der Waals surface area contributed by atoms with Gasteiger partial charge in [0.05, 0.1) is 6.10 Å². The maximum atomic E-state index is 10.2. The fraction of sp³-hybridized carbons (Fsp3) is 0.292. The first-order valence-electron chi connectivity index (χ1n) is 9.63. The predicted molar refractivity (Wildman–Crippen MR) is 119 cm³/mol. The van der Waals surface area contributed by atoms with Crippen molar-refractivity contribution in [2.24, 2.45) is 0 Å². The van der Waals surface area contributed by atoms with E-state index in [9.17, 15) is 5.11 Å². The van der Waals surface area contributed by atoms with Crippen LogP contribution in [-0.2, 0) is 6.42 Å². The van der Waals surface area contributed by atoms with E-state index in [1.807, 2.05) is 61.5 Å². The van der Waals surface area contributed by atoms with Gasteiger partial charge in [0.1, 0.15) is 24.2 Å². The van der Waals surface area contributed by atoms with Crippen LogP contribution in [0, 0.1) is 18.3 Å². The number of ether oxygens (including phenoxy) is 2. The van der Waals surface area contributed by atoms with Crippen LogP contribution in [0.4, 0.5) is 0 Å². The first kappa shape index (κ1) is 21.0. The summed E-state index contributed by atoms with van der Waals surface area (Å²) in [5.74, 6) is 3.06. The Balaban J connectivity index is 1.48. The Hall–Kier alpha value is -2.68. The van der Waals surface area contributed by atoms with E-state index in [-0.39, 0.29) is 6.61 Å². The lowest BCUT2D eigenvalue weighted by Crippen LogP contribution is -2.20. The average molecular weight is 408 g/mol. The van der Waals surface area contributed by atoms with Gasteiger partial charge in [-0.25, -0.2) is 0 Å². The van der Waals surface area contributed by atoms with Crippen molar-refractivity contribution in [3.8, 4) is 17.6 Å². The zero-order valence-electron chi connectivity index (χ0n) is 16.5. The molecule has 150 valence electrons. The van der Waals surface area contributed by atoms with Gasteiger partial charge >= 0.3 is 0 Å². The van der Waals surface area contributed by atoms with Gasteiger partial charge in [0.2, 0.25) is 0 Å². The lowest BCUT2D eigenvalue weighted by atomic mass is 10.0. The summed E-state index contributed by atoms with van der Waals surface area (Å²) in [6.07, 6.45) is 0.398. The number of aryl methyl sites for hydroxylation is 2. The number of fused-ring (bicyclic) bond motifs is 1. The van der Waals surface area contributed by atoms with Crippen molar-refractivity contribution in [1.82, 2.24) is 0 Å². The highest BCUT2D eigenvalue weighted by atomic mass is 32.2. The van der Waals surface area contributed by atoms with Crippen molar-refractivity contribution in [2.75, 3.05) is 24.7 Å². The summed E-state index contributed by atoms with van der Waals surface area (Å²) in [5, 5.41) is 21.1. The fourth-order valence-corrected chi connectivity index (χ4v) is 3.98. The summed E-state index contributed by atoms with van der Waals surface area (Å²) < 4.78 is 11.2. The summed E-state index contributed by atoms with van der Waals surface area (Å²) in [7, 11) is 0. The third kappa shape index (κ3) is 6.15. The van der Waals surface area contributed by atoms with Gasteiger partial charge in [0.25, 0.3) is 0 Å². The summed E-state index contributed by atoms with van der Waals surface area (Å²) >= 11 is 1.72. The van der Waals surface area contributed by atoms with Crippen LogP contribution < -0.4 is 9.47 Å². The molecule has 0 bridgehead atoms. The molecule has 5 heteroatoms. The van der Waals surface area contributed by atoms with E-state index in [2.05, 4.69) is 12.1 Å². The SMILES string of the molecule is Cc1ccc(OCC(O)CSCCc2cccc3c(OCC#N)cccc23)cc1. The third-order valence-electron chi connectivity index (χ3n) is 4.55. The van der Waals surface area contributed by atoms with Gasteiger partial charge in [-0.05, 0) is 48.2 Å². The quantitative estimate of drug-likeness (QED) is 0.491. The van der Waals surface area contributed by atoms with Crippen molar-refractivity contribution in [2.45, 2.75) is 19.4 Å². The number of thioether (sulfide) groups is 1. The van der Waals surface area contributed by atoms with Crippen LogP contribution in [0.5, 0.6) is 11.5 Å². The minimum Gasteiger partial charge on any atom is -0.491 e. The molecule has 1 atom stereocenters. The van der Waals surface area contributed by atoms with E-state index in [4.69, 9.17) is 14.7 Å². The molecule has 0 aliphatic rings. The molecule has 0 fully saturated rings. The van der Waals surface area contributed by atoms with Crippen LogP contribution in [0.1, 0.15) is 11.1 Å². The molecule has 0 amide bonds. The third-order valence-corrected chi connectivity index (χ3v) is 5.67. The second-order valence-electron chi connectivity index (χ2n) is 6.82. The summed E-state index contributed by atoms with van der Waals surface area (Å²) in [6, 6.07) is 21.9. The Morgan fingerprint density at radius 1 is 1.00 bits per heavy atom. The first-order valence-corrected chi connectivity index (χ1v) is 10.8. The molecule has 1 unspecified atom stereocenters.